The minimum atomic E-state index is -1.85. The van der Waals surface area contributed by atoms with Crippen LogP contribution in [0.2, 0.25) is 0 Å². The Bertz CT molecular complexity index is 2320. The van der Waals surface area contributed by atoms with Gasteiger partial charge in [0.25, 0.3) is 0 Å². The van der Waals surface area contributed by atoms with E-state index in [1.807, 2.05) is 68.2 Å². The van der Waals surface area contributed by atoms with Crippen molar-refractivity contribution in [3.63, 3.8) is 0 Å². The summed E-state index contributed by atoms with van der Waals surface area (Å²) in [6.07, 6.45) is -6.12. The summed E-state index contributed by atoms with van der Waals surface area (Å²) in [5.41, 5.74) is -1.51. The fourth-order valence-electron chi connectivity index (χ4n) is 11.4. The normalized spacial score (nSPS) is 36.9. The minimum absolute atomic E-state index is 0.0888. The van der Waals surface area contributed by atoms with Gasteiger partial charge in [0.1, 0.15) is 48.8 Å². The predicted molar refractivity (Wildman–Crippen MR) is 290 cm³/mol. The lowest BCUT2D eigenvalue weighted by molar-refractivity contribution is -0.308. The Kier molecular flexibility index (Phi) is 22.7. The van der Waals surface area contributed by atoms with Crippen LogP contribution >= 0.6 is 11.8 Å². The Hall–Kier alpha value is -3.27. The second-order valence-electron chi connectivity index (χ2n) is 22.9. The number of benzene rings is 1. The van der Waals surface area contributed by atoms with Crippen LogP contribution in [0.5, 0.6) is 0 Å². The average Bonchev–Trinajstić information content (AvgIpc) is 4.10. The number of carbonyl (C=O) groups is 1. The zero-order valence-corrected chi connectivity index (χ0v) is 49.2. The monoisotopic (exact) mass is 1120 g/mol. The zero-order valence-electron chi connectivity index (χ0n) is 48.3. The maximum atomic E-state index is 15.0. The van der Waals surface area contributed by atoms with Gasteiger partial charge in [0.05, 0.1) is 64.8 Å². The van der Waals surface area contributed by atoms with Crippen molar-refractivity contribution in [2.75, 3.05) is 53.8 Å². The number of carbonyl (C=O) groups excluding carboxylic acids is 1. The Morgan fingerprint density at radius 3 is 2.26 bits per heavy atom. The Morgan fingerprint density at radius 1 is 0.923 bits per heavy atom. The van der Waals surface area contributed by atoms with E-state index in [-0.39, 0.29) is 31.6 Å². The van der Waals surface area contributed by atoms with E-state index in [9.17, 15) is 34.7 Å². The van der Waals surface area contributed by atoms with Crippen molar-refractivity contribution < 1.29 is 67.9 Å². The quantitative estimate of drug-likeness (QED) is 0.103. The minimum Gasteiger partial charge on any atom is -0.459 e. The van der Waals surface area contributed by atoms with Gasteiger partial charge in [-0.05, 0) is 111 Å². The first-order valence-electron chi connectivity index (χ1n) is 27.7. The standard InChI is InChI=1S/C55H91FN8O13S/c1-15-44-55(10,70)49(66)35(6)62(12)28-32(3)25-53(8,69)45(24-43(34(5)51(68)76-44)75-46-26-54(9,72-14)50(67)36(7)74-46)77-52-47(65)41(23-33(4)73-52)61(11)22-21-38-29-64(60-57-38)42(27-56)48(71-13)37-17-19-40(20-18-37)63-30-39(58-59-63)31-78-16-2/h17-20,29-30,32-36,41-50,52,65-67,69-70H,15-16,21-28,31H2,1-14H3/t32-,33-,34-,35-,36+,41+,42-,43+,44-,45-,46+,47-,48-,49-,50+,52+,53-,54-,55-/m1/s1. The van der Waals surface area contributed by atoms with Gasteiger partial charge in [-0.3, -0.25) is 4.79 Å². The number of cyclic esters (lactones) is 1. The molecule has 3 saturated heterocycles. The molecule has 3 aromatic rings. The van der Waals surface area contributed by atoms with Crippen LogP contribution in [-0.4, -0.2) is 215 Å². The van der Waals surface area contributed by atoms with Crippen molar-refractivity contribution in [3.8, 4) is 5.69 Å². The first-order chi connectivity index (χ1) is 36.8. The van der Waals surface area contributed by atoms with Crippen molar-refractivity contribution >= 4 is 17.7 Å². The Labute approximate surface area is 464 Å². The molecule has 3 fully saturated rings. The summed E-state index contributed by atoms with van der Waals surface area (Å²) in [5, 5.41) is 76.9. The van der Waals surface area contributed by atoms with Gasteiger partial charge in [-0.2, -0.15) is 11.8 Å². The molecule has 23 heteroatoms. The van der Waals surface area contributed by atoms with Crippen LogP contribution in [0, 0.1) is 11.8 Å². The Morgan fingerprint density at radius 2 is 1.62 bits per heavy atom. The number of thioether (sulfide) groups is 1. The van der Waals surface area contributed by atoms with Crippen LogP contribution in [0.3, 0.4) is 0 Å². The highest BCUT2D eigenvalue weighted by Crippen LogP contribution is 2.39. The molecule has 3 aliphatic rings. The fourth-order valence-corrected chi connectivity index (χ4v) is 12.0. The molecule has 3 aliphatic heterocycles. The number of aromatic nitrogens is 6. The topological polar surface area (TPSA) is 251 Å². The third kappa shape index (κ3) is 15.2. The molecule has 0 aliphatic carbocycles. The van der Waals surface area contributed by atoms with E-state index in [0.29, 0.717) is 31.6 Å². The predicted octanol–water partition coefficient (Wildman–Crippen LogP) is 4.59. The number of aliphatic hydroxyl groups excluding tert-OH is 3. The summed E-state index contributed by atoms with van der Waals surface area (Å²) in [4.78, 5) is 18.3. The molecule has 6 rings (SSSR count). The van der Waals surface area contributed by atoms with Gasteiger partial charge in [0, 0.05) is 70.6 Å². The molecule has 1 aromatic carbocycles. The molecular formula is C55H91FN8O13S. The number of nitrogens with zero attached hydrogens (tertiary/aromatic N) is 8. The molecule has 0 spiro atoms. The molecule has 19 atom stereocenters. The van der Waals surface area contributed by atoms with Gasteiger partial charge in [-0.15, -0.1) is 10.2 Å². The summed E-state index contributed by atoms with van der Waals surface area (Å²) in [5.74, 6) is -0.249. The summed E-state index contributed by atoms with van der Waals surface area (Å²) < 4.78 is 62.1. The summed E-state index contributed by atoms with van der Waals surface area (Å²) in [7, 11) is 6.74. The maximum absolute atomic E-state index is 15.0. The highest BCUT2D eigenvalue weighted by molar-refractivity contribution is 7.98. The van der Waals surface area contributed by atoms with Crippen LogP contribution < -0.4 is 0 Å². The number of likely N-dealkylation sites (N-methyl/N-ethyl adjacent to an activating group) is 2. The van der Waals surface area contributed by atoms with E-state index < -0.39 is 121 Å². The van der Waals surface area contributed by atoms with Crippen molar-refractivity contribution in [1.29, 1.82) is 0 Å². The van der Waals surface area contributed by atoms with E-state index in [1.54, 1.807) is 64.2 Å². The first-order valence-corrected chi connectivity index (χ1v) is 28.8. The molecule has 2 aromatic heterocycles. The van der Waals surface area contributed by atoms with Gasteiger partial charge in [0.2, 0.25) is 0 Å². The molecular weight excluding hydrogens is 1030 g/mol. The number of hydrogen-bond donors (Lipinski definition) is 5. The largest absolute Gasteiger partial charge is 0.459 e. The van der Waals surface area contributed by atoms with Crippen molar-refractivity contribution in [2.24, 2.45) is 11.8 Å². The number of alkyl halides is 1. The summed E-state index contributed by atoms with van der Waals surface area (Å²) >= 11 is 1.77. The van der Waals surface area contributed by atoms with Crippen LogP contribution in [-0.2, 0) is 50.1 Å². The lowest BCUT2D eigenvalue weighted by Crippen LogP contribution is -2.59. The molecule has 0 saturated carbocycles. The van der Waals surface area contributed by atoms with Crippen LogP contribution in [0.4, 0.5) is 4.39 Å². The van der Waals surface area contributed by atoms with E-state index in [1.165, 1.54) is 25.8 Å². The number of ether oxygens (including phenoxy) is 7. The second-order valence-corrected chi connectivity index (χ2v) is 24.2. The lowest BCUT2D eigenvalue weighted by atomic mass is 9.83. The molecule has 0 radical (unpaired) electrons. The number of esters is 1. The molecule has 5 heterocycles. The van der Waals surface area contributed by atoms with E-state index >= 15 is 0 Å². The number of aliphatic hydroxyl groups is 5. The van der Waals surface area contributed by atoms with E-state index in [0.717, 1.165) is 28.5 Å². The third-order valence-electron chi connectivity index (χ3n) is 16.6. The molecule has 78 heavy (non-hydrogen) atoms. The smallest absolute Gasteiger partial charge is 0.311 e. The van der Waals surface area contributed by atoms with Gasteiger partial charge in [-0.1, -0.05) is 43.3 Å². The molecule has 21 nitrogen and oxygen atoms in total. The maximum Gasteiger partial charge on any atom is 0.311 e. The third-order valence-corrected chi connectivity index (χ3v) is 17.5. The number of hydrogen-bond acceptors (Lipinski definition) is 20. The van der Waals surface area contributed by atoms with Gasteiger partial charge in [-0.25, -0.2) is 13.8 Å². The highest BCUT2D eigenvalue weighted by Gasteiger charge is 2.51. The fraction of sp³-hybridized carbons (Fsp3) is 0.800. The number of rotatable bonds is 19. The van der Waals surface area contributed by atoms with Crippen LogP contribution in [0.1, 0.15) is 130 Å². The molecule has 442 valence electrons. The molecule has 0 bridgehead atoms. The first kappa shape index (κ1) is 63.9. The molecule has 0 unspecified atom stereocenters. The zero-order chi connectivity index (χ0) is 57.4. The van der Waals surface area contributed by atoms with Gasteiger partial charge >= 0.3 is 5.97 Å². The molecule has 5 N–H and O–H groups in total. The van der Waals surface area contributed by atoms with Crippen molar-refractivity contribution in [3.05, 3.63) is 53.6 Å². The van der Waals surface area contributed by atoms with Crippen molar-refractivity contribution in [1.82, 2.24) is 39.8 Å². The van der Waals surface area contributed by atoms with Gasteiger partial charge in [0.15, 0.2) is 12.6 Å². The van der Waals surface area contributed by atoms with Crippen molar-refractivity contribution in [2.45, 2.75) is 216 Å². The molecule has 0 amide bonds. The number of halogens is 1. The number of methoxy groups -OCH3 is 2. The highest BCUT2D eigenvalue weighted by atomic mass is 32.2. The second kappa shape index (κ2) is 27.7. The van der Waals surface area contributed by atoms with E-state index in [4.69, 9.17) is 33.2 Å². The van der Waals surface area contributed by atoms with Gasteiger partial charge < -0.3 is 68.5 Å². The Balaban J connectivity index is 1.21. The summed E-state index contributed by atoms with van der Waals surface area (Å²) in [6.45, 7) is 17.7. The average molecular weight is 1120 g/mol. The van der Waals surface area contributed by atoms with Crippen LogP contribution in [0.15, 0.2) is 36.7 Å². The summed E-state index contributed by atoms with van der Waals surface area (Å²) in [6, 6.07) is 5.65. The van der Waals surface area contributed by atoms with Crippen LogP contribution in [0.25, 0.3) is 5.69 Å². The lowest BCUT2D eigenvalue weighted by Gasteiger charge is -2.47. The van der Waals surface area contributed by atoms with E-state index in [2.05, 4.69) is 27.5 Å². The SMILES string of the molecule is CCSCc1cn(-c2ccc([C@@H](OC)[C@@H](CF)n3cc(CCN(C)[C@H]4C[C@@H](C)O[C@@H](O[C@@H]5C[C@H](O[C@H]6C[C@@](C)(OC)[C@@H](O)[C@H](C)O6)[C@@H](C)C(=O)O[C@H](CC)[C@@](C)(O)[C@H](O)[C@@H](C)N(C)C[C@H](C)C[C@@]5(C)O)[C@@H]4O)nn3)cc2)nn1.